The van der Waals surface area contributed by atoms with Crippen LogP contribution in [-0.2, 0) is 6.42 Å². The van der Waals surface area contributed by atoms with Crippen molar-refractivity contribution in [2.45, 2.75) is 110 Å². The van der Waals surface area contributed by atoms with E-state index in [0.717, 1.165) is 36.1 Å². The number of aryl methyl sites for hydroxylation is 1. The number of nitrogens with zero attached hydrogens (tertiary/aromatic N) is 2. The summed E-state index contributed by atoms with van der Waals surface area (Å²) in [5.41, 5.74) is 3.83. The van der Waals surface area contributed by atoms with Crippen molar-refractivity contribution in [1.29, 1.82) is 0 Å². The molecule has 1 atom stereocenters. The number of aromatic nitrogens is 2. The van der Waals surface area contributed by atoms with E-state index in [-0.39, 0.29) is 0 Å². The maximum Gasteiger partial charge on any atom is 0.159 e. The van der Waals surface area contributed by atoms with Gasteiger partial charge in [-0.3, -0.25) is 0 Å². The van der Waals surface area contributed by atoms with E-state index < -0.39 is 0 Å². The molecule has 1 aliphatic carbocycles. The van der Waals surface area contributed by atoms with Gasteiger partial charge in [-0.2, -0.15) is 0 Å². The number of hydrogen-bond donors (Lipinski definition) is 0. The summed E-state index contributed by atoms with van der Waals surface area (Å²) in [6.07, 6.45) is 24.6. The lowest BCUT2D eigenvalue weighted by Crippen LogP contribution is -2.20. The van der Waals surface area contributed by atoms with Crippen LogP contribution in [0.3, 0.4) is 0 Å². The number of hydrogen-bond acceptors (Lipinski definition) is 2. The first-order chi connectivity index (χ1) is 16.2. The Hall–Kier alpha value is -1.96. The summed E-state index contributed by atoms with van der Waals surface area (Å²) in [5.74, 6) is 3.19. The minimum absolute atomic E-state index is 0.597. The lowest BCUT2D eigenvalue weighted by molar-refractivity contribution is 0.230. The van der Waals surface area contributed by atoms with E-state index in [1.54, 1.807) is 0 Å². The third kappa shape index (κ3) is 8.09. The van der Waals surface area contributed by atoms with Crippen LogP contribution in [0, 0.1) is 11.8 Å². The quantitative estimate of drug-likeness (QED) is 0.213. The summed E-state index contributed by atoms with van der Waals surface area (Å²) in [4.78, 5) is 9.32. The van der Waals surface area contributed by atoms with Crippen LogP contribution >= 0.6 is 0 Å². The Morgan fingerprint density at radius 1 is 0.879 bits per heavy atom. The van der Waals surface area contributed by atoms with Gasteiger partial charge in [0.05, 0.1) is 0 Å². The average Bonchev–Trinajstić information content (AvgIpc) is 2.86. The topological polar surface area (TPSA) is 25.8 Å². The second-order valence-electron chi connectivity index (χ2n) is 10.3. The van der Waals surface area contributed by atoms with Crippen molar-refractivity contribution in [1.82, 2.24) is 9.97 Å². The SMILES string of the molecule is C=CCC(c1ccc(-c2ncc(CCCCCC)cn2)cc1)C1CCC(CCCCC)CC1. The Balaban J connectivity index is 1.57. The van der Waals surface area contributed by atoms with Gasteiger partial charge in [-0.25, -0.2) is 9.97 Å². The Morgan fingerprint density at radius 3 is 2.18 bits per heavy atom. The highest BCUT2D eigenvalue weighted by Gasteiger charge is 2.27. The number of unbranched alkanes of at least 4 members (excludes halogenated alkanes) is 5. The van der Waals surface area contributed by atoms with E-state index in [4.69, 9.17) is 0 Å². The monoisotopic (exact) mass is 446 g/mol. The molecule has 0 bridgehead atoms. The highest BCUT2D eigenvalue weighted by Crippen LogP contribution is 2.41. The lowest BCUT2D eigenvalue weighted by atomic mass is 9.71. The molecular formula is C31H46N2. The highest BCUT2D eigenvalue weighted by atomic mass is 14.9. The van der Waals surface area contributed by atoms with Gasteiger partial charge in [0.1, 0.15) is 0 Å². The molecule has 2 aromatic rings. The van der Waals surface area contributed by atoms with Crippen LogP contribution in [0.1, 0.15) is 114 Å². The third-order valence-corrected chi connectivity index (χ3v) is 7.72. The largest absolute Gasteiger partial charge is 0.236 e. The maximum atomic E-state index is 4.66. The Morgan fingerprint density at radius 2 is 1.55 bits per heavy atom. The highest BCUT2D eigenvalue weighted by molar-refractivity contribution is 5.55. The molecular weight excluding hydrogens is 400 g/mol. The van der Waals surface area contributed by atoms with Crippen LogP contribution in [0.15, 0.2) is 49.3 Å². The predicted octanol–water partition coefficient (Wildman–Crippen LogP) is 9.31. The van der Waals surface area contributed by atoms with Gasteiger partial charge in [-0.1, -0.05) is 102 Å². The van der Waals surface area contributed by atoms with E-state index in [1.165, 1.54) is 88.2 Å². The number of rotatable bonds is 14. The zero-order chi connectivity index (χ0) is 23.3. The van der Waals surface area contributed by atoms with Crippen LogP contribution in [0.4, 0.5) is 0 Å². The average molecular weight is 447 g/mol. The molecule has 33 heavy (non-hydrogen) atoms. The molecule has 1 aromatic heterocycles. The second-order valence-corrected chi connectivity index (χ2v) is 10.3. The van der Waals surface area contributed by atoms with E-state index >= 15 is 0 Å². The zero-order valence-corrected chi connectivity index (χ0v) is 21.3. The second kappa shape index (κ2) is 14.3. The van der Waals surface area contributed by atoms with Crippen molar-refractivity contribution in [3.05, 3.63) is 60.4 Å². The smallest absolute Gasteiger partial charge is 0.159 e. The molecule has 0 aliphatic heterocycles. The third-order valence-electron chi connectivity index (χ3n) is 7.72. The standard InChI is InChI=1S/C31H46N2/c1-4-7-9-11-14-26-23-32-31(33-24-26)29-21-19-28(20-22-29)30(12-6-3)27-17-15-25(16-18-27)13-10-8-5-2/h6,19-25,27,30H,3-5,7-18H2,1-2H3. The molecule has 2 nitrogen and oxygen atoms in total. The minimum atomic E-state index is 0.597. The van der Waals surface area contributed by atoms with Gasteiger partial charge >= 0.3 is 0 Å². The number of allylic oxidation sites excluding steroid dienone is 1. The first kappa shape index (κ1) is 25.7. The van der Waals surface area contributed by atoms with E-state index in [1.807, 2.05) is 12.4 Å². The summed E-state index contributed by atoms with van der Waals surface area (Å²) in [7, 11) is 0. The van der Waals surface area contributed by atoms with Gasteiger partial charge in [-0.15, -0.1) is 6.58 Å². The fourth-order valence-electron chi connectivity index (χ4n) is 5.61. The minimum Gasteiger partial charge on any atom is -0.236 e. The van der Waals surface area contributed by atoms with Gasteiger partial charge in [0, 0.05) is 18.0 Å². The summed E-state index contributed by atoms with van der Waals surface area (Å²) >= 11 is 0. The molecule has 0 amide bonds. The molecule has 0 N–H and O–H groups in total. The van der Waals surface area contributed by atoms with Crippen molar-refractivity contribution in [3.8, 4) is 11.4 Å². The Kier molecular flexibility index (Phi) is 11.1. The number of benzene rings is 1. The first-order valence-corrected chi connectivity index (χ1v) is 13.8. The maximum absolute atomic E-state index is 4.66. The molecule has 0 radical (unpaired) electrons. The summed E-state index contributed by atoms with van der Waals surface area (Å²) in [5, 5.41) is 0. The van der Waals surface area contributed by atoms with Crippen LogP contribution in [-0.4, -0.2) is 9.97 Å². The van der Waals surface area contributed by atoms with Crippen LogP contribution in [0.2, 0.25) is 0 Å². The molecule has 1 saturated carbocycles. The van der Waals surface area contributed by atoms with Crippen molar-refractivity contribution in [2.75, 3.05) is 0 Å². The van der Waals surface area contributed by atoms with Crippen molar-refractivity contribution in [3.63, 3.8) is 0 Å². The van der Waals surface area contributed by atoms with Crippen molar-refractivity contribution in [2.24, 2.45) is 11.8 Å². The molecule has 1 aliphatic rings. The molecule has 180 valence electrons. The molecule has 2 heteroatoms. The Bertz CT molecular complexity index is 785. The molecule has 0 saturated heterocycles. The van der Waals surface area contributed by atoms with E-state index in [0.29, 0.717) is 5.92 Å². The normalized spacial score (nSPS) is 19.3. The fourth-order valence-corrected chi connectivity index (χ4v) is 5.61. The first-order valence-electron chi connectivity index (χ1n) is 13.8. The summed E-state index contributed by atoms with van der Waals surface area (Å²) < 4.78 is 0. The predicted molar refractivity (Wildman–Crippen MR) is 142 cm³/mol. The van der Waals surface area contributed by atoms with Gasteiger partial charge in [0.25, 0.3) is 0 Å². The van der Waals surface area contributed by atoms with Gasteiger partial charge in [-0.05, 0) is 61.0 Å². The lowest BCUT2D eigenvalue weighted by Gasteiger charge is -2.34. The molecule has 1 aromatic carbocycles. The molecule has 1 unspecified atom stereocenters. The van der Waals surface area contributed by atoms with Gasteiger partial charge < -0.3 is 0 Å². The fraction of sp³-hybridized carbons (Fsp3) is 0.613. The zero-order valence-electron chi connectivity index (χ0n) is 21.3. The summed E-state index contributed by atoms with van der Waals surface area (Å²) in [6.45, 7) is 8.63. The van der Waals surface area contributed by atoms with Crippen LogP contribution in [0.5, 0.6) is 0 Å². The van der Waals surface area contributed by atoms with Crippen molar-refractivity contribution < 1.29 is 0 Å². The van der Waals surface area contributed by atoms with E-state index in [2.05, 4.69) is 60.7 Å². The van der Waals surface area contributed by atoms with Crippen LogP contribution < -0.4 is 0 Å². The summed E-state index contributed by atoms with van der Waals surface area (Å²) in [6, 6.07) is 9.08. The van der Waals surface area contributed by atoms with Crippen LogP contribution in [0.25, 0.3) is 11.4 Å². The van der Waals surface area contributed by atoms with E-state index in [9.17, 15) is 0 Å². The Labute approximate surface area is 203 Å². The van der Waals surface area contributed by atoms with Gasteiger partial charge in [0.15, 0.2) is 5.82 Å². The molecule has 3 rings (SSSR count). The molecule has 0 spiro atoms. The molecule has 1 heterocycles. The van der Waals surface area contributed by atoms with Gasteiger partial charge in [0.2, 0.25) is 0 Å². The molecule has 1 fully saturated rings. The van der Waals surface area contributed by atoms with Crippen molar-refractivity contribution >= 4 is 0 Å².